The van der Waals surface area contributed by atoms with E-state index in [-0.39, 0.29) is 22.1 Å². The van der Waals surface area contributed by atoms with Crippen LogP contribution in [0.3, 0.4) is 0 Å². The number of nitrogens with zero attached hydrogens (tertiary/aromatic N) is 1. The number of halogens is 1. The first-order valence-electron chi connectivity index (χ1n) is 9.04. The molecule has 7 heteroatoms. The average molecular weight is 440 g/mol. The Morgan fingerprint density at radius 1 is 1.00 bits per heavy atom. The number of Topliss-reactive ketones (excluding diaryl/α,β-unsaturated/α-hetero) is 1. The molecule has 0 saturated heterocycles. The third-order valence-corrected chi connectivity index (χ3v) is 6.04. The molecule has 0 amide bonds. The van der Waals surface area contributed by atoms with Crippen LogP contribution in [0.4, 0.5) is 5.69 Å². The standard InChI is InChI=1S/C23H18ClNO4S/c1-16-2-8-19(9-3-16)23(26)22(14-17-6-12-21(13-7-17)25(27)28)30(29)15-18-4-10-20(24)11-5-18/h2-14H,15H2,1H3/b22-14+. The third kappa shape index (κ3) is 5.49. The van der Waals surface area contributed by atoms with Gasteiger partial charge in [0.1, 0.15) is 0 Å². The van der Waals surface area contributed by atoms with E-state index in [1.54, 1.807) is 36.4 Å². The topological polar surface area (TPSA) is 77.3 Å². The zero-order valence-electron chi connectivity index (χ0n) is 16.1. The van der Waals surface area contributed by atoms with E-state index in [0.29, 0.717) is 16.1 Å². The maximum atomic E-state index is 13.1. The van der Waals surface area contributed by atoms with E-state index in [1.807, 2.05) is 19.1 Å². The van der Waals surface area contributed by atoms with Crippen LogP contribution in [0.15, 0.2) is 77.7 Å². The van der Waals surface area contributed by atoms with Crippen LogP contribution in [0.1, 0.15) is 27.0 Å². The second-order valence-corrected chi connectivity index (χ2v) is 8.52. The molecule has 0 aliphatic heterocycles. The van der Waals surface area contributed by atoms with Crippen LogP contribution >= 0.6 is 11.6 Å². The number of nitro benzene ring substituents is 1. The largest absolute Gasteiger partial charge is 0.288 e. The SMILES string of the molecule is Cc1ccc(C(=O)/C(=C\c2ccc([N+](=O)[O-])cc2)S(=O)Cc2ccc(Cl)cc2)cc1. The van der Waals surface area contributed by atoms with E-state index < -0.39 is 15.7 Å². The summed E-state index contributed by atoms with van der Waals surface area (Å²) in [5.41, 5.74) is 2.72. The lowest BCUT2D eigenvalue weighted by molar-refractivity contribution is -0.384. The van der Waals surface area contributed by atoms with E-state index >= 15 is 0 Å². The van der Waals surface area contributed by atoms with Crippen LogP contribution in [0, 0.1) is 17.0 Å². The first kappa shape index (κ1) is 21.6. The number of hydrogen-bond acceptors (Lipinski definition) is 4. The highest BCUT2D eigenvalue weighted by Gasteiger charge is 2.19. The molecule has 3 aromatic rings. The zero-order valence-corrected chi connectivity index (χ0v) is 17.7. The van der Waals surface area contributed by atoms with Crippen LogP contribution in [0.2, 0.25) is 5.02 Å². The molecule has 0 aliphatic carbocycles. The molecule has 3 aromatic carbocycles. The van der Waals surface area contributed by atoms with E-state index in [0.717, 1.165) is 11.1 Å². The van der Waals surface area contributed by atoms with Gasteiger partial charge in [-0.3, -0.25) is 19.1 Å². The molecule has 0 spiro atoms. The molecule has 0 aromatic heterocycles. The minimum Gasteiger partial charge on any atom is -0.288 e. The summed E-state index contributed by atoms with van der Waals surface area (Å²) in [7, 11) is -1.63. The maximum absolute atomic E-state index is 13.1. The molecule has 0 radical (unpaired) electrons. The molecule has 0 N–H and O–H groups in total. The molecule has 0 bridgehead atoms. The Labute approximate surface area is 181 Å². The summed E-state index contributed by atoms with van der Waals surface area (Å²) < 4.78 is 13.1. The fourth-order valence-corrected chi connectivity index (χ4v) is 4.10. The predicted octanol–water partition coefficient (Wildman–Crippen LogP) is 5.73. The maximum Gasteiger partial charge on any atom is 0.269 e. The fraction of sp³-hybridized carbons (Fsp3) is 0.0870. The van der Waals surface area contributed by atoms with Crippen molar-refractivity contribution in [2.45, 2.75) is 12.7 Å². The van der Waals surface area contributed by atoms with E-state index in [9.17, 15) is 19.1 Å². The van der Waals surface area contributed by atoms with Gasteiger partial charge in [-0.25, -0.2) is 0 Å². The number of allylic oxidation sites excluding steroid dienone is 1. The molecule has 1 unspecified atom stereocenters. The Morgan fingerprint density at radius 3 is 2.17 bits per heavy atom. The van der Waals surface area contributed by atoms with Gasteiger partial charge in [0.15, 0.2) is 0 Å². The number of nitro groups is 1. The lowest BCUT2D eigenvalue weighted by atomic mass is 10.1. The van der Waals surface area contributed by atoms with Gasteiger partial charge in [0.25, 0.3) is 5.69 Å². The minimum absolute atomic E-state index is 0.0548. The summed E-state index contributed by atoms with van der Waals surface area (Å²) in [6.45, 7) is 1.92. The number of benzene rings is 3. The smallest absolute Gasteiger partial charge is 0.269 e. The van der Waals surface area contributed by atoms with Crippen LogP contribution in [-0.4, -0.2) is 14.9 Å². The molecule has 0 fully saturated rings. The van der Waals surface area contributed by atoms with Gasteiger partial charge in [-0.1, -0.05) is 53.6 Å². The second-order valence-electron chi connectivity index (χ2n) is 6.67. The predicted molar refractivity (Wildman–Crippen MR) is 120 cm³/mol. The van der Waals surface area contributed by atoms with Gasteiger partial charge >= 0.3 is 0 Å². The summed E-state index contributed by atoms with van der Waals surface area (Å²) in [5.74, 6) is -0.200. The summed E-state index contributed by atoms with van der Waals surface area (Å²) in [5, 5.41) is 11.4. The summed E-state index contributed by atoms with van der Waals surface area (Å²) >= 11 is 5.91. The molecule has 5 nitrogen and oxygen atoms in total. The molecule has 0 saturated carbocycles. The number of hydrogen-bond donors (Lipinski definition) is 0. The fourth-order valence-electron chi connectivity index (χ4n) is 2.74. The molecular weight excluding hydrogens is 422 g/mol. The molecule has 1 atom stereocenters. The highest BCUT2D eigenvalue weighted by molar-refractivity contribution is 7.89. The lowest BCUT2D eigenvalue weighted by Gasteiger charge is -2.09. The monoisotopic (exact) mass is 439 g/mol. The first-order chi connectivity index (χ1) is 14.3. The van der Waals surface area contributed by atoms with Crippen molar-refractivity contribution in [2.24, 2.45) is 0 Å². The van der Waals surface area contributed by atoms with Crippen molar-refractivity contribution in [3.8, 4) is 0 Å². The van der Waals surface area contributed by atoms with Gasteiger partial charge in [-0.2, -0.15) is 0 Å². The number of aryl methyl sites for hydroxylation is 1. The van der Waals surface area contributed by atoms with Crippen molar-refractivity contribution in [3.05, 3.63) is 115 Å². The number of non-ortho nitro benzene ring substituents is 1. The highest BCUT2D eigenvalue weighted by Crippen LogP contribution is 2.22. The van der Waals surface area contributed by atoms with Gasteiger partial charge in [-0.15, -0.1) is 0 Å². The van der Waals surface area contributed by atoms with Gasteiger partial charge in [-0.05, 0) is 48.4 Å². The normalized spacial score (nSPS) is 12.4. The van der Waals surface area contributed by atoms with Gasteiger partial charge in [0, 0.05) is 22.7 Å². The Hall–Kier alpha value is -3.09. The van der Waals surface area contributed by atoms with Crippen molar-refractivity contribution in [1.82, 2.24) is 0 Å². The van der Waals surface area contributed by atoms with Crippen molar-refractivity contribution in [1.29, 1.82) is 0 Å². The second kappa shape index (κ2) is 9.61. The summed E-state index contributed by atoms with van der Waals surface area (Å²) in [4.78, 5) is 23.6. The van der Waals surface area contributed by atoms with Gasteiger partial charge < -0.3 is 0 Å². The Bertz CT molecular complexity index is 1120. The van der Waals surface area contributed by atoms with Crippen LogP contribution in [-0.2, 0) is 16.6 Å². The number of carbonyl (C=O) groups excluding carboxylic acids is 1. The summed E-state index contributed by atoms with van der Waals surface area (Å²) in [6.07, 6.45) is 1.53. The Kier molecular flexibility index (Phi) is 6.92. The Morgan fingerprint density at radius 2 is 1.60 bits per heavy atom. The van der Waals surface area contributed by atoms with Crippen molar-refractivity contribution < 1.29 is 13.9 Å². The molecule has 152 valence electrons. The van der Waals surface area contributed by atoms with Crippen molar-refractivity contribution in [2.75, 3.05) is 0 Å². The first-order valence-corrected chi connectivity index (χ1v) is 10.7. The molecule has 0 aliphatic rings. The summed E-state index contributed by atoms with van der Waals surface area (Å²) in [6, 6.07) is 19.7. The number of rotatable bonds is 7. The van der Waals surface area contributed by atoms with E-state index in [2.05, 4.69) is 0 Å². The van der Waals surface area contributed by atoms with E-state index in [4.69, 9.17) is 11.6 Å². The van der Waals surface area contributed by atoms with Crippen LogP contribution in [0.5, 0.6) is 0 Å². The molecule has 0 heterocycles. The number of ketones is 1. The quantitative estimate of drug-likeness (QED) is 0.204. The van der Waals surface area contributed by atoms with Crippen molar-refractivity contribution in [3.63, 3.8) is 0 Å². The van der Waals surface area contributed by atoms with Gasteiger partial charge in [0.05, 0.1) is 26.4 Å². The minimum atomic E-state index is -1.63. The molecule has 30 heavy (non-hydrogen) atoms. The molecular formula is C23H18ClNO4S. The average Bonchev–Trinajstić information content (AvgIpc) is 2.74. The lowest BCUT2D eigenvalue weighted by Crippen LogP contribution is -2.10. The van der Waals surface area contributed by atoms with Crippen LogP contribution < -0.4 is 0 Å². The van der Waals surface area contributed by atoms with Gasteiger partial charge in [0.2, 0.25) is 5.78 Å². The van der Waals surface area contributed by atoms with Crippen LogP contribution in [0.25, 0.3) is 6.08 Å². The highest BCUT2D eigenvalue weighted by atomic mass is 35.5. The number of carbonyl (C=O) groups is 1. The molecule has 3 rings (SSSR count). The van der Waals surface area contributed by atoms with E-state index in [1.165, 1.54) is 30.3 Å². The third-order valence-electron chi connectivity index (χ3n) is 4.40. The van der Waals surface area contributed by atoms with Crippen molar-refractivity contribution >= 4 is 39.9 Å². The zero-order chi connectivity index (χ0) is 21.7. The Balaban J connectivity index is 1.97.